The van der Waals surface area contributed by atoms with Gasteiger partial charge in [0, 0.05) is 26.2 Å². The number of phenols is 1. The maximum Gasteiger partial charge on any atom is 0.153 e. The van der Waals surface area contributed by atoms with Gasteiger partial charge in [-0.05, 0) is 12.1 Å². The summed E-state index contributed by atoms with van der Waals surface area (Å²) < 4.78 is 0. The molecular weight excluding hydrogens is 206 g/mol. The van der Waals surface area contributed by atoms with E-state index >= 15 is 0 Å². The van der Waals surface area contributed by atoms with Crippen LogP contribution in [-0.4, -0.2) is 37.6 Å². The van der Waals surface area contributed by atoms with Crippen molar-refractivity contribution in [1.29, 1.82) is 0 Å². The van der Waals surface area contributed by atoms with Crippen LogP contribution in [-0.2, 0) is 0 Å². The van der Waals surface area contributed by atoms with Gasteiger partial charge in [0.15, 0.2) is 6.29 Å². The van der Waals surface area contributed by atoms with Gasteiger partial charge in [-0.3, -0.25) is 4.79 Å². The zero-order valence-corrected chi connectivity index (χ0v) is 9.23. The molecule has 0 fully saturated rings. The molecule has 1 aromatic carbocycles. The van der Waals surface area contributed by atoms with E-state index in [9.17, 15) is 4.79 Å². The number of aldehydes is 1. The average Bonchev–Trinajstić information content (AvgIpc) is 2.31. The summed E-state index contributed by atoms with van der Waals surface area (Å²) in [4.78, 5) is 10.1. The number of phenolic OH excluding ortho intramolecular Hbond substituents is 1. The lowest BCUT2D eigenvalue weighted by molar-refractivity contribution is 0.112. The monoisotopic (exact) mass is 225 g/mol. The molecule has 0 atom stereocenters. The van der Waals surface area contributed by atoms with Crippen LogP contribution in [0.4, 0.5) is 0 Å². The summed E-state index contributed by atoms with van der Waals surface area (Å²) in [6.45, 7) is 3.13. The summed E-state index contributed by atoms with van der Waals surface area (Å²) >= 11 is 0. The van der Waals surface area contributed by atoms with E-state index in [0.717, 1.165) is 13.1 Å². The number of hydrogen-bond donors (Lipinski definition) is 4. The summed E-state index contributed by atoms with van der Waals surface area (Å²) in [6.07, 6.45) is 0.620. The Morgan fingerprint density at radius 2 is 1.75 bits per heavy atom. The molecule has 5 heteroatoms. The van der Waals surface area contributed by atoms with Crippen LogP contribution in [0.3, 0.4) is 0 Å². The van der Waals surface area contributed by atoms with Crippen molar-refractivity contribution in [3.05, 3.63) is 29.8 Å². The number of para-hydroxylation sites is 1. The molecule has 0 heterocycles. The molecule has 0 aliphatic carbocycles. The Hall–Kier alpha value is -1.43. The SMILES string of the molecule is NCCNCCN.O=Cc1ccccc1O. The minimum Gasteiger partial charge on any atom is -0.507 e. The van der Waals surface area contributed by atoms with Crippen molar-refractivity contribution in [2.24, 2.45) is 11.5 Å². The highest BCUT2D eigenvalue weighted by Gasteiger charge is 1.93. The Morgan fingerprint density at radius 3 is 2.12 bits per heavy atom. The summed E-state index contributed by atoms with van der Waals surface area (Å²) in [5.74, 6) is 0.0347. The van der Waals surface area contributed by atoms with E-state index in [1.54, 1.807) is 18.2 Å². The number of nitrogens with two attached hydrogens (primary N) is 2. The van der Waals surface area contributed by atoms with Crippen molar-refractivity contribution >= 4 is 6.29 Å². The van der Waals surface area contributed by atoms with E-state index in [1.807, 2.05) is 0 Å². The van der Waals surface area contributed by atoms with Crippen molar-refractivity contribution < 1.29 is 9.90 Å². The molecule has 0 saturated carbocycles. The summed E-state index contributed by atoms with van der Waals surface area (Å²) in [7, 11) is 0. The van der Waals surface area contributed by atoms with Crippen LogP contribution in [0.2, 0.25) is 0 Å². The fourth-order valence-electron chi connectivity index (χ4n) is 0.916. The molecule has 16 heavy (non-hydrogen) atoms. The normalized spacial score (nSPS) is 9.12. The predicted octanol–water partition coefficient (Wildman–Crippen LogP) is -0.302. The van der Waals surface area contributed by atoms with Crippen molar-refractivity contribution in [3.8, 4) is 5.75 Å². The molecule has 6 N–H and O–H groups in total. The second-order valence-electron chi connectivity index (χ2n) is 3.00. The van der Waals surface area contributed by atoms with Crippen LogP contribution < -0.4 is 16.8 Å². The molecule has 0 unspecified atom stereocenters. The first kappa shape index (κ1) is 14.6. The largest absolute Gasteiger partial charge is 0.507 e. The third-order valence-corrected chi connectivity index (χ3v) is 1.71. The zero-order valence-electron chi connectivity index (χ0n) is 9.23. The minimum absolute atomic E-state index is 0.0347. The first-order valence-corrected chi connectivity index (χ1v) is 5.10. The van der Waals surface area contributed by atoms with Gasteiger partial charge in [-0.15, -0.1) is 0 Å². The number of carbonyl (C=O) groups is 1. The van der Waals surface area contributed by atoms with Gasteiger partial charge in [0.25, 0.3) is 0 Å². The van der Waals surface area contributed by atoms with E-state index in [2.05, 4.69) is 5.32 Å². The topological polar surface area (TPSA) is 101 Å². The summed E-state index contributed by atoms with van der Waals surface area (Å²) in [5, 5.41) is 11.9. The van der Waals surface area contributed by atoms with Crippen LogP contribution in [0.25, 0.3) is 0 Å². The smallest absolute Gasteiger partial charge is 0.153 e. The Kier molecular flexibility index (Phi) is 9.20. The Labute approximate surface area is 95.4 Å². The van der Waals surface area contributed by atoms with Crippen LogP contribution in [0.5, 0.6) is 5.75 Å². The maximum atomic E-state index is 10.1. The Bertz CT molecular complexity index is 288. The molecular formula is C11H19N3O2. The van der Waals surface area contributed by atoms with E-state index in [-0.39, 0.29) is 5.75 Å². The van der Waals surface area contributed by atoms with Crippen molar-refractivity contribution in [2.75, 3.05) is 26.2 Å². The second kappa shape index (κ2) is 10.1. The van der Waals surface area contributed by atoms with Crippen molar-refractivity contribution in [2.45, 2.75) is 0 Å². The van der Waals surface area contributed by atoms with E-state index in [1.165, 1.54) is 6.07 Å². The second-order valence-corrected chi connectivity index (χ2v) is 3.00. The highest BCUT2D eigenvalue weighted by atomic mass is 16.3. The minimum atomic E-state index is 0.0347. The molecule has 1 rings (SSSR count). The lowest BCUT2D eigenvalue weighted by Crippen LogP contribution is -2.27. The number of hydrogen-bond acceptors (Lipinski definition) is 5. The number of aromatic hydroxyl groups is 1. The van der Waals surface area contributed by atoms with Gasteiger partial charge in [0.2, 0.25) is 0 Å². The van der Waals surface area contributed by atoms with E-state index < -0.39 is 0 Å². The van der Waals surface area contributed by atoms with Gasteiger partial charge >= 0.3 is 0 Å². The fraction of sp³-hybridized carbons (Fsp3) is 0.364. The van der Waals surface area contributed by atoms with Gasteiger partial charge < -0.3 is 21.9 Å². The third kappa shape index (κ3) is 6.94. The third-order valence-electron chi connectivity index (χ3n) is 1.71. The summed E-state index contributed by atoms with van der Waals surface area (Å²) in [6, 6.07) is 6.40. The van der Waals surface area contributed by atoms with E-state index in [0.29, 0.717) is 24.9 Å². The van der Waals surface area contributed by atoms with Crippen LogP contribution in [0, 0.1) is 0 Å². The molecule has 0 saturated heterocycles. The van der Waals surface area contributed by atoms with Crippen molar-refractivity contribution in [3.63, 3.8) is 0 Å². The Balaban J connectivity index is 0.000000293. The van der Waals surface area contributed by atoms with Crippen molar-refractivity contribution in [1.82, 2.24) is 5.32 Å². The van der Waals surface area contributed by atoms with Gasteiger partial charge in [0.1, 0.15) is 5.75 Å². The zero-order chi connectivity index (χ0) is 12.2. The number of benzene rings is 1. The molecule has 0 bridgehead atoms. The van der Waals surface area contributed by atoms with Gasteiger partial charge in [0.05, 0.1) is 5.56 Å². The van der Waals surface area contributed by atoms with Gasteiger partial charge in [-0.1, -0.05) is 12.1 Å². The standard InChI is InChI=1S/C7H6O2.C4H13N3/c8-5-6-3-1-2-4-7(6)9;5-1-3-7-4-2-6/h1-5,9H;7H,1-6H2. The van der Waals surface area contributed by atoms with Crippen LogP contribution in [0.1, 0.15) is 10.4 Å². The number of rotatable bonds is 5. The molecule has 0 aliphatic rings. The Morgan fingerprint density at radius 1 is 1.19 bits per heavy atom. The predicted molar refractivity (Wildman–Crippen MR) is 64.5 cm³/mol. The number of nitrogens with one attached hydrogen (secondary N) is 1. The molecule has 90 valence electrons. The lowest BCUT2D eigenvalue weighted by Gasteiger charge is -1.95. The van der Waals surface area contributed by atoms with E-state index in [4.69, 9.17) is 16.6 Å². The first-order valence-electron chi connectivity index (χ1n) is 5.10. The summed E-state index contributed by atoms with van der Waals surface area (Å²) in [5.41, 5.74) is 10.7. The van der Waals surface area contributed by atoms with Crippen LogP contribution in [0.15, 0.2) is 24.3 Å². The molecule has 0 aromatic heterocycles. The van der Waals surface area contributed by atoms with Crippen LogP contribution >= 0.6 is 0 Å². The fourth-order valence-corrected chi connectivity index (χ4v) is 0.916. The molecule has 0 spiro atoms. The molecule has 0 radical (unpaired) electrons. The molecule has 0 amide bonds. The van der Waals surface area contributed by atoms with Gasteiger partial charge in [-0.2, -0.15) is 0 Å². The average molecular weight is 225 g/mol. The lowest BCUT2D eigenvalue weighted by atomic mass is 10.2. The highest BCUT2D eigenvalue weighted by Crippen LogP contribution is 2.11. The quantitative estimate of drug-likeness (QED) is 0.407. The maximum absolute atomic E-state index is 10.1. The highest BCUT2D eigenvalue weighted by molar-refractivity contribution is 5.78. The molecule has 0 aliphatic heterocycles. The molecule has 5 nitrogen and oxygen atoms in total. The molecule has 1 aromatic rings. The number of carbonyl (C=O) groups excluding carboxylic acids is 1. The first-order chi connectivity index (χ1) is 7.76. The van der Waals surface area contributed by atoms with Gasteiger partial charge in [-0.25, -0.2) is 0 Å².